The van der Waals surface area contributed by atoms with E-state index in [1.165, 1.54) is 12.1 Å². The molecule has 1 aromatic carbocycles. The van der Waals surface area contributed by atoms with Crippen molar-refractivity contribution in [1.29, 1.82) is 5.26 Å². The number of rotatable bonds is 2. The van der Waals surface area contributed by atoms with Gasteiger partial charge < -0.3 is 10.6 Å². The van der Waals surface area contributed by atoms with Crippen LogP contribution in [0.2, 0.25) is 0 Å². The molecule has 1 aliphatic rings. The maximum absolute atomic E-state index is 12.8. The van der Waals surface area contributed by atoms with E-state index in [1.807, 2.05) is 0 Å². The largest absolute Gasteiger partial charge is 0.361 e. The smallest absolute Gasteiger partial charge is 0.228 e. The van der Waals surface area contributed by atoms with E-state index in [9.17, 15) is 9.18 Å². The van der Waals surface area contributed by atoms with Crippen molar-refractivity contribution < 1.29 is 9.18 Å². The van der Waals surface area contributed by atoms with E-state index >= 15 is 0 Å². The molecule has 1 heterocycles. The number of hydrogen-bond donors (Lipinski definition) is 2. The van der Waals surface area contributed by atoms with Crippen molar-refractivity contribution in [2.45, 2.75) is 13.3 Å². The van der Waals surface area contributed by atoms with E-state index in [1.54, 1.807) is 25.3 Å². The lowest BCUT2D eigenvalue weighted by molar-refractivity contribution is -0.119. The molecule has 0 spiro atoms. The van der Waals surface area contributed by atoms with E-state index in [0.29, 0.717) is 22.5 Å². The summed E-state index contributed by atoms with van der Waals surface area (Å²) in [7, 11) is 0. The third-order valence-corrected chi connectivity index (χ3v) is 2.74. The Morgan fingerprint density at radius 2 is 2.11 bits per heavy atom. The van der Waals surface area contributed by atoms with Crippen LogP contribution in [-0.4, -0.2) is 5.91 Å². The van der Waals surface area contributed by atoms with E-state index in [2.05, 4.69) is 16.7 Å². The van der Waals surface area contributed by atoms with Gasteiger partial charge in [-0.2, -0.15) is 5.26 Å². The topological polar surface area (TPSA) is 64.9 Å². The molecular weight excluding hydrogens is 245 g/mol. The van der Waals surface area contributed by atoms with Gasteiger partial charge in [-0.15, -0.1) is 0 Å². The first-order valence-corrected chi connectivity index (χ1v) is 5.72. The zero-order valence-electron chi connectivity index (χ0n) is 10.3. The second-order valence-corrected chi connectivity index (χ2v) is 4.16. The Bertz CT molecular complexity index is 609. The van der Waals surface area contributed by atoms with Crippen LogP contribution in [0.4, 0.5) is 10.1 Å². The quantitative estimate of drug-likeness (QED) is 0.855. The summed E-state index contributed by atoms with van der Waals surface area (Å²) in [4.78, 5) is 11.4. The molecule has 1 aliphatic heterocycles. The van der Waals surface area contributed by atoms with Crippen molar-refractivity contribution in [3.05, 3.63) is 53.1 Å². The van der Waals surface area contributed by atoms with Crippen LogP contribution in [0.1, 0.15) is 13.3 Å². The molecule has 5 heteroatoms. The van der Waals surface area contributed by atoms with Crippen LogP contribution in [0.3, 0.4) is 0 Å². The number of nitrogens with zero attached hydrogens (tertiary/aromatic N) is 1. The minimum Gasteiger partial charge on any atom is -0.361 e. The number of carbonyl (C=O) groups is 1. The number of halogens is 1. The molecule has 4 nitrogen and oxygen atoms in total. The van der Waals surface area contributed by atoms with E-state index in [-0.39, 0.29) is 18.1 Å². The molecule has 0 saturated carbocycles. The van der Waals surface area contributed by atoms with Gasteiger partial charge in [0.15, 0.2) is 0 Å². The van der Waals surface area contributed by atoms with Gasteiger partial charge in [0.1, 0.15) is 11.9 Å². The third-order valence-electron chi connectivity index (χ3n) is 2.74. The summed E-state index contributed by atoms with van der Waals surface area (Å²) in [6.45, 7) is 1.68. The molecule has 0 radical (unpaired) electrons. The van der Waals surface area contributed by atoms with Crippen LogP contribution in [0, 0.1) is 17.1 Å². The summed E-state index contributed by atoms with van der Waals surface area (Å²) in [5.41, 5.74) is 2.31. The van der Waals surface area contributed by atoms with Gasteiger partial charge in [-0.25, -0.2) is 4.39 Å². The molecule has 0 bridgehead atoms. The molecule has 0 aromatic heterocycles. The predicted molar refractivity (Wildman–Crippen MR) is 69.2 cm³/mol. The zero-order valence-corrected chi connectivity index (χ0v) is 10.3. The Morgan fingerprint density at radius 3 is 2.74 bits per heavy atom. The molecule has 0 aliphatic carbocycles. The molecule has 0 unspecified atom stereocenters. The summed E-state index contributed by atoms with van der Waals surface area (Å²) in [5.74, 6) is -0.465. The van der Waals surface area contributed by atoms with Crippen LogP contribution in [-0.2, 0) is 4.79 Å². The summed E-state index contributed by atoms with van der Waals surface area (Å²) < 4.78 is 12.8. The standard InChI is InChI=1S/C14H12FN3O/c1-9-13(7-16)10(6-14(19)18-9)8-17-12-4-2-11(15)3-5-12/h2-5,8,17H,6H2,1H3,(H,18,19)/b10-8+. The lowest BCUT2D eigenvalue weighted by Crippen LogP contribution is -2.28. The lowest BCUT2D eigenvalue weighted by atomic mass is 9.99. The molecule has 19 heavy (non-hydrogen) atoms. The van der Waals surface area contributed by atoms with Crippen LogP contribution in [0.25, 0.3) is 0 Å². The molecular formula is C14H12FN3O. The van der Waals surface area contributed by atoms with Gasteiger partial charge in [-0.1, -0.05) is 0 Å². The average molecular weight is 257 g/mol. The maximum atomic E-state index is 12.8. The van der Waals surface area contributed by atoms with Crippen molar-refractivity contribution in [3.63, 3.8) is 0 Å². The third kappa shape index (κ3) is 2.99. The van der Waals surface area contributed by atoms with Gasteiger partial charge in [0.2, 0.25) is 5.91 Å². The average Bonchev–Trinajstić information content (AvgIpc) is 2.37. The summed E-state index contributed by atoms with van der Waals surface area (Å²) >= 11 is 0. The molecule has 0 atom stereocenters. The number of nitriles is 1. The normalized spacial score (nSPS) is 17.1. The number of carbonyl (C=O) groups excluding carboxylic acids is 1. The molecule has 1 amide bonds. The molecule has 0 saturated heterocycles. The summed E-state index contributed by atoms with van der Waals surface area (Å²) in [6.07, 6.45) is 1.75. The van der Waals surface area contributed by atoms with Gasteiger partial charge in [0.25, 0.3) is 0 Å². The maximum Gasteiger partial charge on any atom is 0.228 e. The highest BCUT2D eigenvalue weighted by atomic mass is 19.1. The van der Waals surface area contributed by atoms with E-state index in [0.717, 1.165) is 0 Å². The Balaban J connectivity index is 2.22. The Kier molecular flexibility index (Phi) is 3.62. The Labute approximate surface area is 110 Å². The number of benzene rings is 1. The molecule has 0 fully saturated rings. The fraction of sp³-hybridized carbons (Fsp3) is 0.143. The van der Waals surface area contributed by atoms with Gasteiger partial charge >= 0.3 is 0 Å². The molecule has 2 rings (SSSR count). The van der Waals surface area contributed by atoms with E-state index < -0.39 is 0 Å². The Hall–Kier alpha value is -2.61. The number of amides is 1. The fourth-order valence-corrected chi connectivity index (χ4v) is 1.81. The van der Waals surface area contributed by atoms with Crippen LogP contribution < -0.4 is 10.6 Å². The van der Waals surface area contributed by atoms with Crippen molar-refractivity contribution in [1.82, 2.24) is 5.32 Å². The zero-order chi connectivity index (χ0) is 13.8. The van der Waals surface area contributed by atoms with Crippen LogP contribution >= 0.6 is 0 Å². The molecule has 2 N–H and O–H groups in total. The minimum atomic E-state index is -0.316. The van der Waals surface area contributed by atoms with Crippen molar-refractivity contribution in [2.75, 3.05) is 5.32 Å². The lowest BCUT2D eigenvalue weighted by Gasteiger charge is -2.17. The first kappa shape index (κ1) is 12.8. The molecule has 96 valence electrons. The van der Waals surface area contributed by atoms with E-state index in [4.69, 9.17) is 5.26 Å². The molecule has 1 aromatic rings. The van der Waals surface area contributed by atoms with Crippen molar-refractivity contribution in [3.8, 4) is 6.07 Å². The van der Waals surface area contributed by atoms with Gasteiger partial charge in [0.05, 0.1) is 12.0 Å². The minimum absolute atomic E-state index is 0.147. The second-order valence-electron chi connectivity index (χ2n) is 4.16. The van der Waals surface area contributed by atoms with Crippen molar-refractivity contribution >= 4 is 11.6 Å². The monoisotopic (exact) mass is 257 g/mol. The van der Waals surface area contributed by atoms with Gasteiger partial charge in [-0.3, -0.25) is 4.79 Å². The van der Waals surface area contributed by atoms with Crippen LogP contribution in [0.5, 0.6) is 0 Å². The predicted octanol–water partition coefficient (Wildman–Crippen LogP) is 2.44. The van der Waals surface area contributed by atoms with Gasteiger partial charge in [0, 0.05) is 17.6 Å². The van der Waals surface area contributed by atoms with Crippen LogP contribution in [0.15, 0.2) is 47.3 Å². The number of nitrogens with one attached hydrogen (secondary N) is 2. The highest BCUT2D eigenvalue weighted by Gasteiger charge is 2.19. The number of allylic oxidation sites excluding steroid dienone is 2. The first-order valence-electron chi connectivity index (χ1n) is 5.72. The summed E-state index contributed by atoms with van der Waals surface area (Å²) in [6, 6.07) is 7.90. The highest BCUT2D eigenvalue weighted by Crippen LogP contribution is 2.21. The first-order chi connectivity index (χ1) is 9.10. The number of anilines is 1. The fourth-order valence-electron chi connectivity index (χ4n) is 1.81. The summed E-state index contributed by atoms with van der Waals surface area (Å²) in [5, 5.41) is 14.6. The highest BCUT2D eigenvalue weighted by molar-refractivity contribution is 5.85. The SMILES string of the molecule is CC1=C(C#N)/C(=C/Nc2ccc(F)cc2)CC(=O)N1. The van der Waals surface area contributed by atoms with Gasteiger partial charge in [-0.05, 0) is 36.8 Å². The number of hydrogen-bond acceptors (Lipinski definition) is 3. The van der Waals surface area contributed by atoms with Crippen molar-refractivity contribution in [2.24, 2.45) is 0 Å². The Morgan fingerprint density at radius 1 is 1.42 bits per heavy atom. The second kappa shape index (κ2) is 5.36.